The molecule has 0 bridgehead atoms. The first-order chi connectivity index (χ1) is 7.58. The quantitative estimate of drug-likeness (QED) is 0.371. The summed E-state index contributed by atoms with van der Waals surface area (Å²) in [6, 6.07) is 3.95. The monoisotopic (exact) mass is 246 g/mol. The van der Waals surface area contributed by atoms with Crippen LogP contribution in [0.25, 0.3) is 0 Å². The molecule has 0 heterocycles. The minimum Gasteiger partial charge on any atom is -0.482 e. The molecule has 0 amide bonds. The fraction of sp³-hybridized carbons (Fsp3) is 0.300. The molecule has 0 spiro atoms. The largest absolute Gasteiger partial charge is 0.482 e. The number of benzene rings is 1. The van der Waals surface area contributed by atoms with Crippen LogP contribution in [-0.4, -0.2) is 17.1 Å². The van der Waals surface area contributed by atoms with E-state index in [1.165, 1.54) is 18.2 Å². The molecule has 0 saturated carbocycles. The van der Waals surface area contributed by atoms with Crippen molar-refractivity contribution in [3.05, 3.63) is 29.0 Å². The van der Waals surface area contributed by atoms with Gasteiger partial charge in [0.2, 0.25) is 0 Å². The first-order valence-electron chi connectivity index (χ1n) is 4.67. The average Bonchev–Trinajstić information content (AvgIpc) is 2.29. The molecule has 1 unspecified atom stereocenters. The van der Waals surface area contributed by atoms with Crippen molar-refractivity contribution in [2.75, 3.05) is 0 Å². The zero-order chi connectivity index (χ0) is 12.1. The average molecular weight is 247 g/mol. The predicted octanol–water partition coefficient (Wildman–Crippen LogP) is 2.38. The summed E-state index contributed by atoms with van der Waals surface area (Å²) in [6.45, 7) is 1.81. The van der Waals surface area contributed by atoms with Gasteiger partial charge in [0, 0.05) is 6.07 Å². The van der Waals surface area contributed by atoms with E-state index in [1.807, 2.05) is 6.92 Å². The molecule has 4 nitrogen and oxygen atoms in total. The van der Waals surface area contributed by atoms with Gasteiger partial charge in [-0.2, -0.15) is 0 Å². The molecule has 88 valence electrons. The van der Waals surface area contributed by atoms with Crippen molar-refractivity contribution in [1.29, 1.82) is 0 Å². The molecule has 1 rings (SSSR count). The Bertz CT molecular complexity index is 398. The van der Waals surface area contributed by atoms with Crippen LogP contribution in [0, 0.1) is 5.82 Å². The molecule has 6 heteroatoms. The number of hydrogen-bond acceptors (Lipinski definition) is 3. The van der Waals surface area contributed by atoms with Gasteiger partial charge in [-0.25, -0.2) is 4.39 Å². The van der Waals surface area contributed by atoms with Crippen molar-refractivity contribution >= 4 is 17.4 Å². The molecule has 1 aromatic rings. The molecule has 0 aliphatic rings. The van der Waals surface area contributed by atoms with Crippen molar-refractivity contribution in [1.82, 2.24) is 0 Å². The van der Waals surface area contributed by atoms with Gasteiger partial charge in [0.05, 0.1) is 5.02 Å². The SMILES string of the molecule is CCC(Oc1ccc(F)c(Cl)c1)C(N)=NO. The Labute approximate surface area is 97.5 Å². The Morgan fingerprint density at radius 1 is 1.69 bits per heavy atom. The second-order valence-corrected chi connectivity index (χ2v) is 3.52. The third-order valence-electron chi connectivity index (χ3n) is 1.99. The molecule has 0 radical (unpaired) electrons. The van der Waals surface area contributed by atoms with E-state index in [-0.39, 0.29) is 10.9 Å². The summed E-state index contributed by atoms with van der Waals surface area (Å²) in [5.41, 5.74) is 5.41. The van der Waals surface area contributed by atoms with Crippen molar-refractivity contribution in [3.8, 4) is 5.75 Å². The van der Waals surface area contributed by atoms with E-state index in [9.17, 15) is 4.39 Å². The number of rotatable bonds is 4. The normalized spacial score (nSPS) is 13.6. The number of nitrogens with two attached hydrogens (primary N) is 1. The standard InChI is InChI=1S/C10H12ClFN2O2/c1-2-9(10(13)14-15)16-6-3-4-8(12)7(11)5-6/h3-5,9,15H,2H2,1H3,(H2,13,14). The van der Waals surface area contributed by atoms with Crippen molar-refractivity contribution in [2.24, 2.45) is 10.9 Å². The summed E-state index contributed by atoms with van der Waals surface area (Å²) < 4.78 is 18.3. The molecule has 1 atom stereocenters. The number of oxime groups is 1. The van der Waals surface area contributed by atoms with Crippen LogP contribution in [0.3, 0.4) is 0 Å². The lowest BCUT2D eigenvalue weighted by Crippen LogP contribution is -2.33. The third kappa shape index (κ3) is 3.00. The van der Waals surface area contributed by atoms with Crippen LogP contribution in [0.1, 0.15) is 13.3 Å². The van der Waals surface area contributed by atoms with Gasteiger partial charge in [-0.1, -0.05) is 23.7 Å². The maximum absolute atomic E-state index is 12.9. The Kier molecular flexibility index (Phi) is 4.37. The molecule has 16 heavy (non-hydrogen) atoms. The smallest absolute Gasteiger partial charge is 0.180 e. The molecule has 1 aromatic carbocycles. The van der Waals surface area contributed by atoms with Gasteiger partial charge >= 0.3 is 0 Å². The summed E-state index contributed by atoms with van der Waals surface area (Å²) in [5.74, 6) is -0.196. The summed E-state index contributed by atoms with van der Waals surface area (Å²) in [7, 11) is 0. The number of amidine groups is 1. The van der Waals surface area contributed by atoms with E-state index in [0.29, 0.717) is 12.2 Å². The number of ether oxygens (including phenoxy) is 1. The maximum atomic E-state index is 12.9. The molecular formula is C10H12ClFN2O2. The molecule has 0 aliphatic carbocycles. The lowest BCUT2D eigenvalue weighted by molar-refractivity contribution is 0.246. The van der Waals surface area contributed by atoms with E-state index in [4.69, 9.17) is 27.3 Å². The van der Waals surface area contributed by atoms with Gasteiger partial charge in [-0.3, -0.25) is 0 Å². The topological polar surface area (TPSA) is 67.8 Å². The second-order valence-electron chi connectivity index (χ2n) is 3.12. The van der Waals surface area contributed by atoms with Crippen molar-refractivity contribution in [2.45, 2.75) is 19.4 Å². The molecule has 3 N–H and O–H groups in total. The van der Waals surface area contributed by atoms with Crippen LogP contribution in [-0.2, 0) is 0 Å². The third-order valence-corrected chi connectivity index (χ3v) is 2.28. The number of nitrogens with zero attached hydrogens (tertiary/aromatic N) is 1. The second kappa shape index (κ2) is 5.55. The molecular weight excluding hydrogens is 235 g/mol. The maximum Gasteiger partial charge on any atom is 0.180 e. The molecule has 0 aromatic heterocycles. The van der Waals surface area contributed by atoms with Gasteiger partial charge in [0.15, 0.2) is 11.9 Å². The highest BCUT2D eigenvalue weighted by Gasteiger charge is 2.14. The number of hydrogen-bond donors (Lipinski definition) is 2. The fourth-order valence-corrected chi connectivity index (χ4v) is 1.30. The Morgan fingerprint density at radius 3 is 2.88 bits per heavy atom. The van der Waals surface area contributed by atoms with E-state index >= 15 is 0 Å². The molecule has 0 aliphatic heterocycles. The first kappa shape index (κ1) is 12.6. The van der Waals surface area contributed by atoms with Gasteiger partial charge in [0.1, 0.15) is 11.6 Å². The van der Waals surface area contributed by atoms with Crippen LogP contribution < -0.4 is 10.5 Å². The van der Waals surface area contributed by atoms with Gasteiger partial charge in [-0.05, 0) is 18.6 Å². The summed E-state index contributed by atoms with van der Waals surface area (Å²) in [4.78, 5) is 0. The minimum atomic E-state index is -0.563. The van der Waals surface area contributed by atoms with Crippen molar-refractivity contribution < 1.29 is 14.3 Å². The zero-order valence-corrected chi connectivity index (χ0v) is 9.41. The minimum absolute atomic E-state index is 0.0353. The van der Waals surface area contributed by atoms with Crippen molar-refractivity contribution in [3.63, 3.8) is 0 Å². The fourth-order valence-electron chi connectivity index (χ4n) is 1.13. The van der Waals surface area contributed by atoms with E-state index in [0.717, 1.165) is 0 Å². The zero-order valence-electron chi connectivity index (χ0n) is 8.65. The highest BCUT2D eigenvalue weighted by atomic mass is 35.5. The van der Waals surface area contributed by atoms with E-state index < -0.39 is 11.9 Å². The Morgan fingerprint density at radius 2 is 2.38 bits per heavy atom. The van der Waals surface area contributed by atoms with Crippen LogP contribution in [0.4, 0.5) is 4.39 Å². The van der Waals surface area contributed by atoms with E-state index in [1.54, 1.807) is 0 Å². The highest BCUT2D eigenvalue weighted by Crippen LogP contribution is 2.22. The Hall–Kier alpha value is -1.49. The first-order valence-corrected chi connectivity index (χ1v) is 5.05. The molecule has 0 fully saturated rings. The van der Waals surface area contributed by atoms with Gasteiger partial charge in [0.25, 0.3) is 0 Å². The lowest BCUT2D eigenvalue weighted by atomic mass is 10.2. The highest BCUT2D eigenvalue weighted by molar-refractivity contribution is 6.30. The van der Waals surface area contributed by atoms with Crippen LogP contribution in [0.15, 0.2) is 23.4 Å². The summed E-state index contributed by atoms with van der Waals surface area (Å²) in [5, 5.41) is 11.3. The van der Waals surface area contributed by atoms with Crippen LogP contribution in [0.2, 0.25) is 5.02 Å². The van der Waals surface area contributed by atoms with Crippen LogP contribution in [0.5, 0.6) is 5.75 Å². The summed E-state index contributed by atoms with van der Waals surface area (Å²) in [6.07, 6.45) is -0.0447. The van der Waals surface area contributed by atoms with Gasteiger partial charge in [-0.15, -0.1) is 0 Å². The molecule has 0 saturated heterocycles. The summed E-state index contributed by atoms with van der Waals surface area (Å²) >= 11 is 5.59. The van der Waals surface area contributed by atoms with E-state index in [2.05, 4.69) is 5.16 Å². The number of halogens is 2. The lowest BCUT2D eigenvalue weighted by Gasteiger charge is -2.16. The van der Waals surface area contributed by atoms with Gasteiger partial charge < -0.3 is 15.7 Å². The Balaban J connectivity index is 2.82. The predicted molar refractivity (Wildman–Crippen MR) is 59.5 cm³/mol. The van der Waals surface area contributed by atoms with Crippen LogP contribution >= 0.6 is 11.6 Å².